The fraction of sp³-hybridized carbons (Fsp3) is 0.889. The number of nitrogens with zero attached hydrogens (tertiary/aromatic N) is 1. The Kier molecular flexibility index (Phi) is 7.49. The number of aliphatic hydroxyl groups is 2. The molecule has 0 spiro atoms. The number of fused-ring (bicyclic) bond motifs is 1. The number of carboxylic acids is 1. The summed E-state index contributed by atoms with van der Waals surface area (Å²) in [6, 6.07) is 0. The Morgan fingerprint density at radius 1 is 1.38 bits per heavy atom. The van der Waals surface area contributed by atoms with E-state index in [-0.39, 0.29) is 30.5 Å². The van der Waals surface area contributed by atoms with Crippen molar-refractivity contribution in [3.63, 3.8) is 0 Å². The van der Waals surface area contributed by atoms with Crippen LogP contribution in [-0.4, -0.2) is 45.8 Å². The van der Waals surface area contributed by atoms with E-state index in [1.165, 1.54) is 0 Å². The first-order valence-corrected chi connectivity index (χ1v) is 9.29. The summed E-state index contributed by atoms with van der Waals surface area (Å²) in [5.41, 5.74) is 1.00. The van der Waals surface area contributed by atoms with Gasteiger partial charge in [0, 0.05) is 12.3 Å². The van der Waals surface area contributed by atoms with Crippen LogP contribution in [0.1, 0.15) is 64.7 Å². The molecule has 0 radical (unpaired) electrons. The van der Waals surface area contributed by atoms with Gasteiger partial charge >= 0.3 is 5.97 Å². The second-order valence-corrected chi connectivity index (χ2v) is 7.25. The van der Waals surface area contributed by atoms with Crippen LogP contribution in [0.3, 0.4) is 0 Å². The molecular formula is C18H31NO5. The number of hydrogen-bond acceptors (Lipinski definition) is 5. The fourth-order valence-electron chi connectivity index (χ4n) is 3.91. The standard InChI is InChI=1S/C18H31NO5/c1-2-3-5-13(20)8-7-12-10-14-15(18(12)23)11-16(14)19-24-9-4-6-17(21)22/h12-15,18,20,23H,2-11H2,1H3,(H,21,22). The molecule has 0 aromatic rings. The third kappa shape index (κ3) is 5.18. The number of aliphatic carboxylic acids is 1. The van der Waals surface area contributed by atoms with E-state index in [0.717, 1.165) is 50.7 Å². The van der Waals surface area contributed by atoms with E-state index in [1.807, 2.05) is 0 Å². The van der Waals surface area contributed by atoms with Crippen LogP contribution in [0.2, 0.25) is 0 Å². The summed E-state index contributed by atoms with van der Waals surface area (Å²) in [5, 5.41) is 33.1. The minimum atomic E-state index is -0.821. The van der Waals surface area contributed by atoms with Crippen LogP contribution in [0.4, 0.5) is 0 Å². The Bertz CT molecular complexity index is 439. The monoisotopic (exact) mass is 341 g/mol. The van der Waals surface area contributed by atoms with Gasteiger partial charge in [-0.3, -0.25) is 4.79 Å². The van der Waals surface area contributed by atoms with Gasteiger partial charge in [-0.1, -0.05) is 24.9 Å². The van der Waals surface area contributed by atoms with E-state index in [4.69, 9.17) is 9.94 Å². The first-order valence-electron chi connectivity index (χ1n) is 9.29. The topological polar surface area (TPSA) is 99.4 Å². The highest BCUT2D eigenvalue weighted by atomic mass is 16.6. The average Bonchev–Trinajstić information content (AvgIpc) is 2.77. The minimum Gasteiger partial charge on any atom is -0.481 e. The van der Waals surface area contributed by atoms with E-state index >= 15 is 0 Å². The average molecular weight is 341 g/mol. The third-order valence-corrected chi connectivity index (χ3v) is 5.44. The number of hydrogen-bond donors (Lipinski definition) is 3. The van der Waals surface area contributed by atoms with Gasteiger partial charge in [0.2, 0.25) is 0 Å². The molecule has 6 heteroatoms. The fourth-order valence-corrected chi connectivity index (χ4v) is 3.91. The molecule has 2 aliphatic carbocycles. The van der Waals surface area contributed by atoms with Crippen molar-refractivity contribution in [1.29, 1.82) is 0 Å². The molecule has 0 aliphatic heterocycles. The lowest BCUT2D eigenvalue weighted by Crippen LogP contribution is -2.38. The Morgan fingerprint density at radius 2 is 2.17 bits per heavy atom. The molecule has 5 atom stereocenters. The van der Waals surface area contributed by atoms with Crippen molar-refractivity contribution in [2.24, 2.45) is 22.9 Å². The van der Waals surface area contributed by atoms with Crippen LogP contribution in [0.25, 0.3) is 0 Å². The Labute approximate surface area is 143 Å². The summed E-state index contributed by atoms with van der Waals surface area (Å²) in [6.07, 6.45) is 6.34. The van der Waals surface area contributed by atoms with Crippen molar-refractivity contribution >= 4 is 11.7 Å². The van der Waals surface area contributed by atoms with Gasteiger partial charge < -0.3 is 20.2 Å². The van der Waals surface area contributed by atoms with E-state index < -0.39 is 5.97 Å². The molecule has 0 aromatic carbocycles. The molecule has 0 heterocycles. The number of carbonyl (C=O) groups is 1. The van der Waals surface area contributed by atoms with Gasteiger partial charge in [-0.2, -0.15) is 0 Å². The predicted molar refractivity (Wildman–Crippen MR) is 90.7 cm³/mol. The number of carboxylic acid groups (broad SMARTS) is 1. The molecule has 2 saturated carbocycles. The smallest absolute Gasteiger partial charge is 0.303 e. The molecule has 24 heavy (non-hydrogen) atoms. The molecule has 6 nitrogen and oxygen atoms in total. The normalized spacial score (nSPS) is 31.5. The summed E-state index contributed by atoms with van der Waals surface area (Å²) >= 11 is 0. The maximum Gasteiger partial charge on any atom is 0.303 e. The summed E-state index contributed by atoms with van der Waals surface area (Å²) in [4.78, 5) is 15.6. The quantitative estimate of drug-likeness (QED) is 0.396. The van der Waals surface area contributed by atoms with Crippen LogP contribution < -0.4 is 0 Å². The van der Waals surface area contributed by atoms with Gasteiger partial charge in [0.05, 0.1) is 17.9 Å². The van der Waals surface area contributed by atoms with Gasteiger partial charge in [-0.15, -0.1) is 0 Å². The molecule has 2 rings (SSSR count). The van der Waals surface area contributed by atoms with Crippen LogP contribution in [-0.2, 0) is 9.63 Å². The van der Waals surface area contributed by atoms with Gasteiger partial charge in [-0.25, -0.2) is 0 Å². The number of aliphatic hydroxyl groups excluding tert-OH is 2. The minimum absolute atomic E-state index is 0.0953. The Hall–Kier alpha value is -1.14. The first-order chi connectivity index (χ1) is 11.5. The third-order valence-electron chi connectivity index (χ3n) is 5.44. The lowest BCUT2D eigenvalue weighted by molar-refractivity contribution is -0.137. The van der Waals surface area contributed by atoms with Gasteiger partial charge in [0.25, 0.3) is 0 Å². The first kappa shape index (κ1) is 19.2. The molecule has 138 valence electrons. The Morgan fingerprint density at radius 3 is 2.88 bits per heavy atom. The molecule has 0 aromatic heterocycles. The SMILES string of the molecule is CCCCC(O)CCC1CC2C(=NOCCCC(=O)O)CC2C1O. The van der Waals surface area contributed by atoms with Gasteiger partial charge in [0.1, 0.15) is 6.61 Å². The maximum absolute atomic E-state index is 10.4. The zero-order valence-electron chi connectivity index (χ0n) is 14.6. The van der Waals surface area contributed by atoms with E-state index in [9.17, 15) is 15.0 Å². The molecule has 0 bridgehead atoms. The molecular weight excluding hydrogens is 310 g/mol. The lowest BCUT2D eigenvalue weighted by Gasteiger charge is -2.33. The molecule has 0 saturated heterocycles. The molecule has 2 aliphatic rings. The van der Waals surface area contributed by atoms with Crippen molar-refractivity contribution in [3.05, 3.63) is 0 Å². The van der Waals surface area contributed by atoms with E-state index in [2.05, 4.69) is 12.1 Å². The van der Waals surface area contributed by atoms with Crippen molar-refractivity contribution in [1.82, 2.24) is 0 Å². The van der Waals surface area contributed by atoms with E-state index in [0.29, 0.717) is 18.9 Å². The highest BCUT2D eigenvalue weighted by Crippen LogP contribution is 2.49. The Balaban J connectivity index is 1.68. The zero-order valence-corrected chi connectivity index (χ0v) is 14.6. The highest BCUT2D eigenvalue weighted by molar-refractivity contribution is 5.93. The predicted octanol–water partition coefficient (Wildman–Crippen LogP) is 2.57. The molecule has 3 N–H and O–H groups in total. The summed E-state index contributed by atoms with van der Waals surface area (Å²) in [5.74, 6) is 0.00948. The van der Waals surface area contributed by atoms with Crippen molar-refractivity contribution < 1.29 is 25.0 Å². The summed E-state index contributed by atoms with van der Waals surface area (Å²) < 4.78 is 0. The maximum atomic E-state index is 10.4. The zero-order chi connectivity index (χ0) is 17.5. The number of rotatable bonds is 11. The van der Waals surface area contributed by atoms with Crippen LogP contribution in [0.5, 0.6) is 0 Å². The second kappa shape index (κ2) is 9.37. The summed E-state index contributed by atoms with van der Waals surface area (Å²) in [6.45, 7) is 2.44. The van der Waals surface area contributed by atoms with Crippen LogP contribution in [0.15, 0.2) is 5.16 Å². The van der Waals surface area contributed by atoms with Crippen molar-refractivity contribution in [3.8, 4) is 0 Å². The van der Waals surface area contributed by atoms with Crippen molar-refractivity contribution in [2.75, 3.05) is 6.61 Å². The second-order valence-electron chi connectivity index (χ2n) is 7.25. The van der Waals surface area contributed by atoms with Gasteiger partial charge in [0.15, 0.2) is 0 Å². The number of oxime groups is 1. The number of unbranched alkanes of at least 4 members (excludes halogenated alkanes) is 1. The molecule has 2 fully saturated rings. The van der Waals surface area contributed by atoms with Crippen LogP contribution >= 0.6 is 0 Å². The summed E-state index contributed by atoms with van der Waals surface area (Å²) in [7, 11) is 0. The highest BCUT2D eigenvalue weighted by Gasteiger charge is 2.51. The van der Waals surface area contributed by atoms with Crippen molar-refractivity contribution in [2.45, 2.75) is 76.9 Å². The van der Waals surface area contributed by atoms with E-state index in [1.54, 1.807) is 0 Å². The van der Waals surface area contributed by atoms with Gasteiger partial charge in [-0.05, 0) is 50.4 Å². The molecule has 5 unspecified atom stereocenters. The lowest BCUT2D eigenvalue weighted by atomic mass is 9.73. The van der Waals surface area contributed by atoms with Crippen LogP contribution in [0, 0.1) is 17.8 Å². The molecule has 0 amide bonds. The largest absolute Gasteiger partial charge is 0.481 e.